The summed E-state index contributed by atoms with van der Waals surface area (Å²) in [7, 11) is 3.09. The summed E-state index contributed by atoms with van der Waals surface area (Å²) in [5.41, 5.74) is 0.439. The van der Waals surface area contributed by atoms with Crippen LogP contribution in [0.25, 0.3) is 0 Å². The number of hydrogen-bond acceptors (Lipinski definition) is 3. The molecule has 1 aromatic heterocycles. The zero-order valence-corrected chi connectivity index (χ0v) is 10.6. The minimum Gasteiger partial charge on any atom is -0.358 e. The largest absolute Gasteiger partial charge is 0.358 e. The number of pyridine rings is 1. The van der Waals surface area contributed by atoms with E-state index in [4.69, 9.17) is 0 Å². The predicted octanol–water partition coefficient (Wildman–Crippen LogP) is 0.662. The van der Waals surface area contributed by atoms with Gasteiger partial charge in [-0.1, -0.05) is 0 Å². The van der Waals surface area contributed by atoms with Gasteiger partial charge in [0.05, 0.1) is 12.1 Å². The fourth-order valence-corrected chi connectivity index (χ4v) is 1.54. The summed E-state index contributed by atoms with van der Waals surface area (Å²) in [6, 6.07) is 3.32. The van der Waals surface area contributed by atoms with Crippen molar-refractivity contribution >= 4 is 27.7 Å². The maximum absolute atomic E-state index is 11.9. The van der Waals surface area contributed by atoms with Crippen LogP contribution in [0.1, 0.15) is 10.4 Å². The van der Waals surface area contributed by atoms with Crippen LogP contribution in [-0.4, -0.2) is 42.3 Å². The van der Waals surface area contributed by atoms with Crippen molar-refractivity contribution in [1.29, 1.82) is 0 Å². The van der Waals surface area contributed by atoms with E-state index < -0.39 is 0 Å². The summed E-state index contributed by atoms with van der Waals surface area (Å²) < 4.78 is 0.476. The molecule has 1 rings (SSSR count). The van der Waals surface area contributed by atoms with E-state index in [2.05, 4.69) is 26.2 Å². The minimum absolute atomic E-state index is 0.0245. The third-order valence-electron chi connectivity index (χ3n) is 2.00. The van der Waals surface area contributed by atoms with Gasteiger partial charge in [-0.05, 0) is 28.1 Å². The van der Waals surface area contributed by atoms with E-state index in [9.17, 15) is 9.59 Å². The Balaban J connectivity index is 2.79. The van der Waals surface area contributed by atoms with Gasteiger partial charge < -0.3 is 10.2 Å². The van der Waals surface area contributed by atoms with Gasteiger partial charge in [-0.25, -0.2) is 4.98 Å². The van der Waals surface area contributed by atoms with Crippen LogP contribution in [0, 0.1) is 0 Å². The fraction of sp³-hybridized carbons (Fsp3) is 0.300. The molecule has 0 saturated carbocycles. The van der Waals surface area contributed by atoms with Crippen LogP contribution in [0.15, 0.2) is 22.9 Å². The third-order valence-corrected chi connectivity index (χ3v) is 2.63. The second kappa shape index (κ2) is 5.60. The number of hydrogen-bond donors (Lipinski definition) is 1. The van der Waals surface area contributed by atoms with Gasteiger partial charge >= 0.3 is 0 Å². The second-order valence-electron chi connectivity index (χ2n) is 3.18. The van der Waals surface area contributed by atoms with Gasteiger partial charge in [0.1, 0.15) is 4.60 Å². The number of nitrogens with zero attached hydrogens (tertiary/aromatic N) is 2. The molecule has 2 amide bonds. The highest BCUT2D eigenvalue weighted by Gasteiger charge is 2.16. The molecule has 0 aliphatic rings. The Morgan fingerprint density at radius 3 is 2.81 bits per heavy atom. The lowest BCUT2D eigenvalue weighted by atomic mass is 10.2. The molecule has 1 N–H and O–H groups in total. The smallest absolute Gasteiger partial charge is 0.256 e. The lowest BCUT2D eigenvalue weighted by Crippen LogP contribution is -2.37. The molecular formula is C10H12BrN3O2. The zero-order valence-electron chi connectivity index (χ0n) is 9.03. The van der Waals surface area contributed by atoms with E-state index in [1.54, 1.807) is 25.4 Å². The molecule has 0 unspecified atom stereocenters. The van der Waals surface area contributed by atoms with Crippen LogP contribution in [0.2, 0.25) is 0 Å². The molecule has 0 saturated heterocycles. The molecule has 0 aromatic carbocycles. The summed E-state index contributed by atoms with van der Waals surface area (Å²) >= 11 is 3.19. The third kappa shape index (κ3) is 3.03. The number of likely N-dealkylation sites (N-methyl/N-ethyl adjacent to an activating group) is 2. The maximum atomic E-state index is 11.9. The van der Waals surface area contributed by atoms with E-state index in [1.807, 2.05) is 0 Å². The van der Waals surface area contributed by atoms with Crippen LogP contribution >= 0.6 is 15.9 Å². The summed E-state index contributed by atoms with van der Waals surface area (Å²) in [6.07, 6.45) is 1.58. The average molecular weight is 286 g/mol. The Morgan fingerprint density at radius 2 is 2.25 bits per heavy atom. The number of nitrogens with one attached hydrogen (secondary N) is 1. The van der Waals surface area contributed by atoms with E-state index in [1.165, 1.54) is 11.9 Å². The van der Waals surface area contributed by atoms with Gasteiger partial charge in [0.15, 0.2) is 0 Å². The Kier molecular flexibility index (Phi) is 4.42. The molecule has 16 heavy (non-hydrogen) atoms. The Morgan fingerprint density at radius 1 is 1.56 bits per heavy atom. The molecule has 0 atom stereocenters. The van der Waals surface area contributed by atoms with Crippen LogP contribution in [0.5, 0.6) is 0 Å². The van der Waals surface area contributed by atoms with Crippen molar-refractivity contribution in [3.8, 4) is 0 Å². The summed E-state index contributed by atoms with van der Waals surface area (Å²) in [4.78, 5) is 28.3. The van der Waals surface area contributed by atoms with Crippen LogP contribution in [0.3, 0.4) is 0 Å². The maximum Gasteiger partial charge on any atom is 0.256 e. The molecule has 1 heterocycles. The Labute approximate surface area is 102 Å². The summed E-state index contributed by atoms with van der Waals surface area (Å²) in [5, 5.41) is 2.46. The first kappa shape index (κ1) is 12.6. The van der Waals surface area contributed by atoms with Crippen LogP contribution < -0.4 is 5.32 Å². The van der Waals surface area contributed by atoms with Crippen molar-refractivity contribution in [2.75, 3.05) is 20.6 Å². The standard InChI is InChI=1S/C10H12BrN3O2/c1-12-8(15)6-14(2)10(16)7-4-3-5-13-9(7)11/h3-5H,6H2,1-2H3,(H,12,15). The normalized spacial score (nSPS) is 9.69. The average Bonchev–Trinajstić information content (AvgIpc) is 2.28. The Hall–Kier alpha value is -1.43. The second-order valence-corrected chi connectivity index (χ2v) is 3.93. The SMILES string of the molecule is CNC(=O)CN(C)C(=O)c1cccnc1Br. The molecular weight excluding hydrogens is 274 g/mol. The molecule has 0 aliphatic heterocycles. The van der Waals surface area contributed by atoms with Gasteiger partial charge in [-0.2, -0.15) is 0 Å². The van der Waals surface area contributed by atoms with E-state index >= 15 is 0 Å². The van der Waals surface area contributed by atoms with E-state index in [-0.39, 0.29) is 18.4 Å². The summed E-state index contributed by atoms with van der Waals surface area (Å²) in [6.45, 7) is 0.0245. The summed E-state index contributed by atoms with van der Waals surface area (Å²) in [5.74, 6) is -0.459. The van der Waals surface area contributed by atoms with Gasteiger partial charge in [0, 0.05) is 20.3 Å². The molecule has 0 bridgehead atoms. The van der Waals surface area contributed by atoms with Crippen molar-refractivity contribution in [2.45, 2.75) is 0 Å². The van der Waals surface area contributed by atoms with Crippen molar-refractivity contribution in [3.05, 3.63) is 28.5 Å². The molecule has 1 aromatic rings. The molecule has 0 aliphatic carbocycles. The van der Waals surface area contributed by atoms with E-state index in [0.29, 0.717) is 10.2 Å². The number of amides is 2. The molecule has 0 radical (unpaired) electrons. The highest BCUT2D eigenvalue weighted by atomic mass is 79.9. The number of aromatic nitrogens is 1. The predicted molar refractivity (Wildman–Crippen MR) is 63.0 cm³/mol. The van der Waals surface area contributed by atoms with Crippen LogP contribution in [0.4, 0.5) is 0 Å². The van der Waals surface area contributed by atoms with Crippen molar-refractivity contribution < 1.29 is 9.59 Å². The van der Waals surface area contributed by atoms with Crippen LogP contribution in [-0.2, 0) is 4.79 Å². The lowest BCUT2D eigenvalue weighted by Gasteiger charge is -2.16. The first-order valence-corrected chi connectivity index (χ1v) is 5.42. The monoisotopic (exact) mass is 285 g/mol. The highest BCUT2D eigenvalue weighted by Crippen LogP contribution is 2.14. The lowest BCUT2D eigenvalue weighted by molar-refractivity contribution is -0.121. The van der Waals surface area contributed by atoms with Gasteiger partial charge in [0.25, 0.3) is 5.91 Å². The molecule has 0 fully saturated rings. The highest BCUT2D eigenvalue weighted by molar-refractivity contribution is 9.10. The van der Waals surface area contributed by atoms with Gasteiger partial charge in [0.2, 0.25) is 5.91 Å². The number of carbonyl (C=O) groups is 2. The topological polar surface area (TPSA) is 62.3 Å². The Bertz CT molecular complexity index is 409. The number of rotatable bonds is 3. The van der Waals surface area contributed by atoms with Crippen molar-refractivity contribution in [3.63, 3.8) is 0 Å². The molecule has 6 heteroatoms. The van der Waals surface area contributed by atoms with Gasteiger partial charge in [-0.15, -0.1) is 0 Å². The number of halogens is 1. The minimum atomic E-state index is -0.247. The van der Waals surface area contributed by atoms with Crippen molar-refractivity contribution in [1.82, 2.24) is 15.2 Å². The van der Waals surface area contributed by atoms with Gasteiger partial charge in [-0.3, -0.25) is 9.59 Å². The first-order valence-electron chi connectivity index (χ1n) is 4.62. The number of carbonyl (C=O) groups excluding carboxylic acids is 2. The molecule has 5 nitrogen and oxygen atoms in total. The van der Waals surface area contributed by atoms with Crippen molar-refractivity contribution in [2.24, 2.45) is 0 Å². The quantitative estimate of drug-likeness (QED) is 0.830. The fourth-order valence-electron chi connectivity index (χ4n) is 1.12. The zero-order chi connectivity index (χ0) is 12.1. The van der Waals surface area contributed by atoms with E-state index in [0.717, 1.165) is 0 Å². The molecule has 0 spiro atoms. The molecule has 86 valence electrons. The first-order chi connectivity index (χ1) is 7.56.